The van der Waals surface area contributed by atoms with Crippen LogP contribution >= 0.6 is 0 Å². The van der Waals surface area contributed by atoms with Crippen LogP contribution in [0.15, 0.2) is 79.4 Å². The van der Waals surface area contributed by atoms with Crippen LogP contribution in [0.25, 0.3) is 0 Å². The number of benzene rings is 3. The molecule has 2 unspecified atom stereocenters. The van der Waals surface area contributed by atoms with Gasteiger partial charge in [0.2, 0.25) is 5.91 Å². The molecule has 0 aromatic heterocycles. The van der Waals surface area contributed by atoms with Gasteiger partial charge in [0.05, 0.1) is 0 Å². The number of alkyl carbamates (subject to hydrolysis) is 1. The van der Waals surface area contributed by atoms with Crippen molar-refractivity contribution in [2.24, 2.45) is 0 Å². The Kier molecular flexibility index (Phi) is 10.5. The fourth-order valence-electron chi connectivity index (χ4n) is 4.68. The Balaban J connectivity index is 2.09. The molecule has 0 bridgehead atoms. The van der Waals surface area contributed by atoms with Gasteiger partial charge in [-0.3, -0.25) is 9.59 Å². The van der Waals surface area contributed by atoms with E-state index in [1.165, 1.54) is 17.0 Å². The highest BCUT2D eigenvalue weighted by atomic mass is 16.6. The zero-order valence-electron chi connectivity index (χ0n) is 25.2. The van der Waals surface area contributed by atoms with E-state index in [9.17, 15) is 19.5 Å². The van der Waals surface area contributed by atoms with E-state index in [0.29, 0.717) is 16.8 Å². The summed E-state index contributed by atoms with van der Waals surface area (Å²) in [7, 11) is 0. The van der Waals surface area contributed by atoms with Gasteiger partial charge in [0.25, 0.3) is 5.91 Å². The van der Waals surface area contributed by atoms with Gasteiger partial charge in [0, 0.05) is 18.7 Å². The topological polar surface area (TPSA) is 108 Å². The number of ether oxygens (including phenoxy) is 1. The molecule has 0 aliphatic carbocycles. The Labute approximate surface area is 248 Å². The molecule has 0 fully saturated rings. The molecule has 222 valence electrons. The molecule has 0 aliphatic heterocycles. The number of carbonyl (C=O) groups excluding carboxylic acids is 3. The molecule has 0 aliphatic rings. The van der Waals surface area contributed by atoms with E-state index in [4.69, 9.17) is 4.74 Å². The molecule has 3 rings (SSSR count). The zero-order chi connectivity index (χ0) is 31.0. The summed E-state index contributed by atoms with van der Waals surface area (Å²) in [4.78, 5) is 42.8. The first-order valence-corrected chi connectivity index (χ1v) is 13.9. The maximum Gasteiger partial charge on any atom is 0.408 e. The first-order valence-electron chi connectivity index (χ1n) is 13.9. The van der Waals surface area contributed by atoms with Gasteiger partial charge in [-0.05, 0) is 82.0 Å². The van der Waals surface area contributed by atoms with Gasteiger partial charge in [0.15, 0.2) is 0 Å². The average Bonchev–Trinajstić information content (AvgIpc) is 2.90. The SMILES string of the molecule is C=CCN(C(=O)C(Cc1ccc(O)cc1)NC(=O)OC(C)(C)C)C(C(=O)Nc1ccccc1C)c1ccc(C)cc1C. The quantitative estimate of drug-likeness (QED) is 0.253. The molecule has 8 heteroatoms. The van der Waals surface area contributed by atoms with Crippen molar-refractivity contribution in [3.63, 3.8) is 0 Å². The zero-order valence-corrected chi connectivity index (χ0v) is 25.2. The maximum absolute atomic E-state index is 14.4. The van der Waals surface area contributed by atoms with E-state index in [-0.39, 0.29) is 18.7 Å². The van der Waals surface area contributed by atoms with Crippen LogP contribution in [-0.4, -0.2) is 46.1 Å². The molecule has 8 nitrogen and oxygen atoms in total. The van der Waals surface area contributed by atoms with E-state index in [0.717, 1.165) is 16.7 Å². The van der Waals surface area contributed by atoms with Gasteiger partial charge >= 0.3 is 6.09 Å². The number of rotatable bonds is 10. The van der Waals surface area contributed by atoms with Crippen LogP contribution in [0.3, 0.4) is 0 Å². The predicted molar refractivity (Wildman–Crippen MR) is 165 cm³/mol. The molecule has 3 aromatic rings. The van der Waals surface area contributed by atoms with Crippen molar-refractivity contribution in [2.45, 2.75) is 65.6 Å². The van der Waals surface area contributed by atoms with Crippen LogP contribution in [0.4, 0.5) is 10.5 Å². The molecule has 0 spiro atoms. The normalized spacial score (nSPS) is 12.5. The number of nitrogens with zero attached hydrogens (tertiary/aromatic N) is 1. The minimum absolute atomic E-state index is 0.0418. The summed E-state index contributed by atoms with van der Waals surface area (Å²) >= 11 is 0. The van der Waals surface area contributed by atoms with Crippen LogP contribution in [0.5, 0.6) is 5.75 Å². The lowest BCUT2D eigenvalue weighted by molar-refractivity contribution is -0.140. The highest BCUT2D eigenvalue weighted by molar-refractivity contribution is 5.99. The number of nitrogens with one attached hydrogen (secondary N) is 2. The van der Waals surface area contributed by atoms with E-state index < -0.39 is 35.6 Å². The Morgan fingerprint density at radius 3 is 2.24 bits per heavy atom. The number of para-hydroxylation sites is 1. The summed E-state index contributed by atoms with van der Waals surface area (Å²) in [6.07, 6.45) is 0.900. The maximum atomic E-state index is 14.4. The summed E-state index contributed by atoms with van der Waals surface area (Å²) in [5.74, 6) is -0.802. The molecule has 0 heterocycles. The molecular weight excluding hydrogens is 530 g/mol. The summed E-state index contributed by atoms with van der Waals surface area (Å²) in [5.41, 5.74) is 3.95. The van der Waals surface area contributed by atoms with Crippen LogP contribution in [0.2, 0.25) is 0 Å². The van der Waals surface area contributed by atoms with E-state index in [2.05, 4.69) is 17.2 Å². The average molecular weight is 572 g/mol. The molecule has 3 aromatic carbocycles. The molecular formula is C34H41N3O5. The predicted octanol–water partition coefficient (Wildman–Crippen LogP) is 6.15. The highest BCUT2D eigenvalue weighted by Crippen LogP contribution is 2.29. The van der Waals surface area contributed by atoms with E-state index >= 15 is 0 Å². The van der Waals surface area contributed by atoms with Crippen molar-refractivity contribution in [3.8, 4) is 5.75 Å². The third-order valence-corrected chi connectivity index (χ3v) is 6.66. The first kappa shape index (κ1) is 31.9. The summed E-state index contributed by atoms with van der Waals surface area (Å²) in [6.45, 7) is 14.9. The van der Waals surface area contributed by atoms with Gasteiger partial charge in [-0.25, -0.2) is 4.79 Å². The van der Waals surface area contributed by atoms with Gasteiger partial charge in [-0.15, -0.1) is 6.58 Å². The number of phenolic OH excluding ortho intramolecular Hbond substituents is 1. The fraction of sp³-hybridized carbons (Fsp3) is 0.324. The van der Waals surface area contributed by atoms with Crippen molar-refractivity contribution in [3.05, 3.63) is 107 Å². The van der Waals surface area contributed by atoms with Crippen molar-refractivity contribution < 1.29 is 24.2 Å². The van der Waals surface area contributed by atoms with Crippen molar-refractivity contribution in [2.75, 3.05) is 11.9 Å². The van der Waals surface area contributed by atoms with Gasteiger partial charge in [0.1, 0.15) is 23.4 Å². The molecule has 3 amide bonds. The molecule has 0 saturated carbocycles. The van der Waals surface area contributed by atoms with Crippen molar-refractivity contribution >= 4 is 23.6 Å². The number of hydrogen-bond acceptors (Lipinski definition) is 5. The number of carbonyl (C=O) groups is 3. The van der Waals surface area contributed by atoms with Crippen LogP contribution in [0, 0.1) is 20.8 Å². The Bertz CT molecular complexity index is 1430. The fourth-order valence-corrected chi connectivity index (χ4v) is 4.68. The number of amides is 3. The summed E-state index contributed by atoms with van der Waals surface area (Å²) < 4.78 is 5.47. The number of aryl methyl sites for hydroxylation is 3. The van der Waals surface area contributed by atoms with Gasteiger partial charge in [-0.1, -0.05) is 60.2 Å². The third-order valence-electron chi connectivity index (χ3n) is 6.66. The minimum atomic E-state index is -1.08. The Hall–Kier alpha value is -4.59. The van der Waals surface area contributed by atoms with Crippen LogP contribution < -0.4 is 10.6 Å². The monoisotopic (exact) mass is 571 g/mol. The van der Waals surface area contributed by atoms with Gasteiger partial charge < -0.3 is 25.4 Å². The molecule has 2 atom stereocenters. The largest absolute Gasteiger partial charge is 0.508 e. The second-order valence-corrected chi connectivity index (χ2v) is 11.4. The minimum Gasteiger partial charge on any atom is -0.508 e. The second-order valence-electron chi connectivity index (χ2n) is 11.4. The molecule has 0 saturated heterocycles. The van der Waals surface area contributed by atoms with E-state index in [1.54, 1.807) is 39.0 Å². The third kappa shape index (κ3) is 8.70. The van der Waals surface area contributed by atoms with Crippen LogP contribution in [-0.2, 0) is 20.7 Å². The molecule has 0 radical (unpaired) electrons. The molecule has 42 heavy (non-hydrogen) atoms. The van der Waals surface area contributed by atoms with Gasteiger partial charge in [-0.2, -0.15) is 0 Å². The lowest BCUT2D eigenvalue weighted by atomic mass is 9.95. The number of phenols is 1. The molecule has 3 N–H and O–H groups in total. The summed E-state index contributed by atoms with van der Waals surface area (Å²) in [5, 5.41) is 15.5. The Morgan fingerprint density at radius 2 is 1.64 bits per heavy atom. The standard InChI is InChI=1S/C34H41N3O5/c1-8-19-37(32(40)29(36-33(41)42-34(5,6)7)21-25-14-16-26(38)17-15-25)30(27-18-13-22(2)20-24(27)4)31(39)35-28-12-10-9-11-23(28)3/h8-18,20,29-30,38H,1,19,21H2,2-7H3,(H,35,39)(H,36,41). The first-order chi connectivity index (χ1) is 19.8. The number of aromatic hydroxyl groups is 1. The van der Waals surface area contributed by atoms with Crippen molar-refractivity contribution in [1.82, 2.24) is 10.2 Å². The van der Waals surface area contributed by atoms with Crippen molar-refractivity contribution in [1.29, 1.82) is 0 Å². The lowest BCUT2D eigenvalue weighted by Crippen LogP contribution is -2.53. The second kappa shape index (κ2) is 13.9. The lowest BCUT2D eigenvalue weighted by Gasteiger charge is -2.34. The smallest absolute Gasteiger partial charge is 0.408 e. The Morgan fingerprint density at radius 1 is 0.976 bits per heavy atom. The summed E-state index contributed by atoms with van der Waals surface area (Å²) in [6, 6.07) is 17.4. The van der Waals surface area contributed by atoms with Crippen LogP contribution in [0.1, 0.15) is 54.6 Å². The number of anilines is 1. The highest BCUT2D eigenvalue weighted by Gasteiger charge is 2.36. The number of hydrogen-bond donors (Lipinski definition) is 3. The van der Waals surface area contributed by atoms with E-state index in [1.807, 2.05) is 63.2 Å².